The number of carbonyl (C=O) groups is 1. The zero-order valence-corrected chi connectivity index (χ0v) is 26.3. The monoisotopic (exact) mass is 705 g/mol. The van der Waals surface area contributed by atoms with Crippen LogP contribution in [0.2, 0.25) is 0 Å². The van der Waals surface area contributed by atoms with Gasteiger partial charge in [-0.3, -0.25) is 29.7 Å². The summed E-state index contributed by atoms with van der Waals surface area (Å²) in [5.74, 6) is -0.771. The first-order valence-corrected chi connectivity index (χ1v) is 15.0. The van der Waals surface area contributed by atoms with Gasteiger partial charge in [0, 0.05) is 60.8 Å². The molecule has 6 aromatic rings. The Morgan fingerprint density at radius 2 is 1.20 bits per heavy atom. The third-order valence-corrected chi connectivity index (χ3v) is 7.18. The maximum atomic E-state index is 13.4. The lowest BCUT2D eigenvalue weighted by molar-refractivity contribution is -0.141. The molecule has 0 saturated heterocycles. The first-order valence-electron chi connectivity index (χ1n) is 15.0. The Kier molecular flexibility index (Phi) is 11.1. The predicted octanol–water partition coefficient (Wildman–Crippen LogP) is 7.91. The molecule has 1 aromatic carbocycles. The van der Waals surface area contributed by atoms with Crippen LogP contribution < -0.4 is 11.1 Å². The molecule has 0 atom stereocenters. The summed E-state index contributed by atoms with van der Waals surface area (Å²) >= 11 is 0. The van der Waals surface area contributed by atoms with Crippen molar-refractivity contribution in [1.29, 1.82) is 0 Å². The highest BCUT2D eigenvalue weighted by Crippen LogP contribution is 2.31. The second-order valence-corrected chi connectivity index (χ2v) is 10.8. The lowest BCUT2D eigenvalue weighted by atomic mass is 10.1. The van der Waals surface area contributed by atoms with E-state index in [9.17, 15) is 35.5 Å². The minimum absolute atomic E-state index is 0.156. The Hall–Kier alpha value is -6.09. The number of alkyl halides is 6. The first kappa shape index (κ1) is 36.2. The van der Waals surface area contributed by atoms with E-state index in [1.54, 1.807) is 54.7 Å². The van der Waals surface area contributed by atoms with Crippen molar-refractivity contribution in [3.8, 4) is 33.6 Å². The van der Waals surface area contributed by atoms with Crippen molar-refractivity contribution >= 4 is 5.91 Å². The molecule has 0 unspecified atom stereocenters. The zero-order chi connectivity index (χ0) is 36.6. The van der Waals surface area contributed by atoms with Gasteiger partial charge in [-0.15, -0.1) is 0 Å². The number of pyridine rings is 5. The Bertz CT molecular complexity index is 2090. The van der Waals surface area contributed by atoms with Gasteiger partial charge < -0.3 is 11.1 Å². The highest BCUT2D eigenvalue weighted by Gasteiger charge is 2.33. The van der Waals surface area contributed by atoms with Crippen molar-refractivity contribution in [2.75, 3.05) is 0 Å². The standard InChI is InChI=1S/C24H16F4N4O.C12H10F3N3/c25-19-3-1-2-16(10-19)18-5-7-21(31-14-18)23(33)32-13-15-4-6-20(30-12-15)17-8-9-29-22(11-17)24(26,27)28;13-12(14,15)11-5-9(3-4-17-11)10-2-1-8(6-16)7-18-10/h1-12,14H,13H2,(H,32,33);1-5,7H,6,16H2. The van der Waals surface area contributed by atoms with E-state index < -0.39 is 29.6 Å². The van der Waals surface area contributed by atoms with Gasteiger partial charge in [-0.1, -0.05) is 30.3 Å². The Morgan fingerprint density at radius 3 is 1.67 bits per heavy atom. The Morgan fingerprint density at radius 1 is 0.608 bits per heavy atom. The van der Waals surface area contributed by atoms with E-state index in [2.05, 4.69) is 30.2 Å². The van der Waals surface area contributed by atoms with E-state index in [4.69, 9.17) is 5.73 Å². The molecule has 260 valence electrons. The molecule has 0 bridgehead atoms. The fourth-order valence-corrected chi connectivity index (χ4v) is 4.55. The molecule has 0 saturated carbocycles. The molecule has 0 fully saturated rings. The average Bonchev–Trinajstić information content (AvgIpc) is 3.14. The fourth-order valence-electron chi connectivity index (χ4n) is 4.55. The minimum Gasteiger partial charge on any atom is -0.347 e. The molecular formula is C36H26F7N7O. The van der Waals surface area contributed by atoms with Crippen LogP contribution in [0.5, 0.6) is 0 Å². The summed E-state index contributed by atoms with van der Waals surface area (Å²) < 4.78 is 89.4. The third-order valence-electron chi connectivity index (χ3n) is 7.18. The number of nitrogens with one attached hydrogen (secondary N) is 1. The second-order valence-electron chi connectivity index (χ2n) is 10.8. The number of nitrogens with two attached hydrogens (primary N) is 1. The molecule has 0 aliphatic rings. The summed E-state index contributed by atoms with van der Waals surface area (Å²) in [5, 5.41) is 2.71. The number of halogens is 7. The quantitative estimate of drug-likeness (QED) is 0.162. The number of hydrogen-bond acceptors (Lipinski definition) is 7. The summed E-state index contributed by atoms with van der Waals surface area (Å²) in [6.07, 6.45) is -2.27. The smallest absolute Gasteiger partial charge is 0.347 e. The maximum Gasteiger partial charge on any atom is 0.433 e. The van der Waals surface area contributed by atoms with Gasteiger partial charge in [0.1, 0.15) is 22.9 Å². The molecule has 0 spiro atoms. The van der Waals surface area contributed by atoms with Gasteiger partial charge in [-0.2, -0.15) is 26.3 Å². The number of benzene rings is 1. The van der Waals surface area contributed by atoms with Crippen molar-refractivity contribution in [3.63, 3.8) is 0 Å². The summed E-state index contributed by atoms with van der Waals surface area (Å²) in [7, 11) is 0. The van der Waals surface area contributed by atoms with Crippen LogP contribution in [0.1, 0.15) is 33.0 Å². The van der Waals surface area contributed by atoms with E-state index in [1.807, 2.05) is 0 Å². The molecule has 0 aliphatic carbocycles. The SMILES string of the molecule is NCc1ccc(-c2ccnc(C(F)(F)F)c2)nc1.O=C(NCc1ccc(-c2ccnc(C(F)(F)F)c2)nc1)c1ccc(-c2cccc(F)c2)cn1. The number of rotatable bonds is 7. The van der Waals surface area contributed by atoms with E-state index in [-0.39, 0.29) is 23.6 Å². The van der Waals surface area contributed by atoms with Crippen LogP contribution in [-0.4, -0.2) is 30.8 Å². The fraction of sp³-hybridized carbons (Fsp3) is 0.111. The van der Waals surface area contributed by atoms with E-state index in [0.29, 0.717) is 40.2 Å². The zero-order valence-electron chi connectivity index (χ0n) is 26.3. The van der Waals surface area contributed by atoms with E-state index in [1.165, 1.54) is 36.7 Å². The lowest BCUT2D eigenvalue weighted by Crippen LogP contribution is -2.23. The van der Waals surface area contributed by atoms with Crippen LogP contribution in [0.3, 0.4) is 0 Å². The van der Waals surface area contributed by atoms with Crippen LogP contribution in [0, 0.1) is 5.82 Å². The molecule has 1 amide bonds. The normalized spacial score (nSPS) is 11.4. The molecule has 6 rings (SSSR count). The number of carbonyl (C=O) groups excluding carboxylic acids is 1. The van der Waals surface area contributed by atoms with Crippen molar-refractivity contribution in [2.24, 2.45) is 5.73 Å². The molecule has 5 heterocycles. The van der Waals surface area contributed by atoms with Crippen molar-refractivity contribution < 1.29 is 35.5 Å². The average molecular weight is 706 g/mol. The van der Waals surface area contributed by atoms with Crippen LogP contribution in [0.25, 0.3) is 33.6 Å². The second kappa shape index (κ2) is 15.6. The molecule has 51 heavy (non-hydrogen) atoms. The molecule has 15 heteroatoms. The maximum absolute atomic E-state index is 13.4. The first-order chi connectivity index (χ1) is 24.3. The topological polar surface area (TPSA) is 120 Å². The lowest BCUT2D eigenvalue weighted by Gasteiger charge is -2.09. The highest BCUT2D eigenvalue weighted by molar-refractivity contribution is 5.92. The van der Waals surface area contributed by atoms with Crippen LogP contribution >= 0.6 is 0 Å². The number of amides is 1. The predicted molar refractivity (Wildman–Crippen MR) is 174 cm³/mol. The van der Waals surface area contributed by atoms with Crippen molar-refractivity contribution in [3.05, 3.63) is 150 Å². The molecule has 3 N–H and O–H groups in total. The van der Waals surface area contributed by atoms with Crippen LogP contribution in [-0.2, 0) is 25.4 Å². The Labute approximate surface area is 286 Å². The summed E-state index contributed by atoms with van der Waals surface area (Å²) in [6.45, 7) is 0.501. The molecule has 8 nitrogen and oxygen atoms in total. The number of nitrogens with zero attached hydrogens (tertiary/aromatic N) is 5. The van der Waals surface area contributed by atoms with Gasteiger partial charge in [0.05, 0.1) is 11.4 Å². The summed E-state index contributed by atoms with van der Waals surface area (Å²) in [5.41, 5.74) is 7.98. The molecule has 5 aromatic heterocycles. The Balaban J connectivity index is 0.000000236. The van der Waals surface area contributed by atoms with Crippen molar-refractivity contribution in [2.45, 2.75) is 25.4 Å². The third kappa shape index (κ3) is 9.76. The van der Waals surface area contributed by atoms with Gasteiger partial charge in [0.2, 0.25) is 0 Å². The van der Waals surface area contributed by atoms with Gasteiger partial charge in [-0.05, 0) is 71.3 Å². The van der Waals surface area contributed by atoms with Crippen LogP contribution in [0.4, 0.5) is 30.7 Å². The summed E-state index contributed by atoms with van der Waals surface area (Å²) in [6, 6.07) is 20.7. The van der Waals surface area contributed by atoms with Gasteiger partial charge in [-0.25, -0.2) is 4.39 Å². The number of hydrogen-bond donors (Lipinski definition) is 2. The largest absolute Gasteiger partial charge is 0.433 e. The number of aromatic nitrogens is 5. The highest BCUT2D eigenvalue weighted by atomic mass is 19.4. The van der Waals surface area contributed by atoms with E-state index >= 15 is 0 Å². The summed E-state index contributed by atoms with van der Waals surface area (Å²) in [4.78, 5) is 31.4. The van der Waals surface area contributed by atoms with Crippen molar-refractivity contribution in [1.82, 2.24) is 30.2 Å². The molecule has 0 radical (unpaired) electrons. The van der Waals surface area contributed by atoms with Gasteiger partial charge in [0.25, 0.3) is 5.91 Å². The molecular weight excluding hydrogens is 679 g/mol. The van der Waals surface area contributed by atoms with E-state index in [0.717, 1.165) is 30.1 Å². The minimum atomic E-state index is -4.54. The van der Waals surface area contributed by atoms with Gasteiger partial charge in [0.15, 0.2) is 0 Å². The molecule has 0 aliphatic heterocycles. The van der Waals surface area contributed by atoms with Gasteiger partial charge >= 0.3 is 12.4 Å². The van der Waals surface area contributed by atoms with Crippen LogP contribution in [0.15, 0.2) is 116 Å².